The zero-order valence-electron chi connectivity index (χ0n) is 9.69. The number of ether oxygens (including phenoxy) is 1. The van der Waals surface area contributed by atoms with Crippen molar-refractivity contribution in [1.82, 2.24) is 0 Å². The molecule has 4 nitrogen and oxygen atoms in total. The van der Waals surface area contributed by atoms with E-state index >= 15 is 0 Å². The van der Waals surface area contributed by atoms with E-state index in [4.69, 9.17) is 16.3 Å². The lowest BCUT2D eigenvalue weighted by molar-refractivity contribution is -0.149. The van der Waals surface area contributed by atoms with E-state index < -0.39 is 5.41 Å². The number of carbonyl (C=O) groups is 2. The predicted molar refractivity (Wildman–Crippen MR) is 66.4 cm³/mol. The van der Waals surface area contributed by atoms with Crippen molar-refractivity contribution in [2.75, 3.05) is 18.1 Å². The summed E-state index contributed by atoms with van der Waals surface area (Å²) in [6, 6.07) is 7.11. The molecule has 1 amide bonds. The first-order valence-electron chi connectivity index (χ1n) is 5.88. The van der Waals surface area contributed by atoms with Crippen LogP contribution in [0.15, 0.2) is 24.3 Å². The maximum absolute atomic E-state index is 12.4. The second-order valence-corrected chi connectivity index (χ2v) is 5.09. The van der Waals surface area contributed by atoms with Crippen LogP contribution in [0.5, 0.6) is 0 Å². The van der Waals surface area contributed by atoms with Crippen LogP contribution in [0.4, 0.5) is 5.69 Å². The summed E-state index contributed by atoms with van der Waals surface area (Å²) in [7, 11) is 0. The number of amides is 1. The highest BCUT2D eigenvalue weighted by Crippen LogP contribution is 2.42. The standard InChI is InChI=1S/C13H12ClNO3/c14-9-2-1-3-10(8-9)15-6-4-13(11(15)16)5-7-18-12(13)17/h1-3,8H,4-7H2. The number of anilines is 1. The smallest absolute Gasteiger partial charge is 0.321 e. The lowest BCUT2D eigenvalue weighted by Crippen LogP contribution is -2.37. The Balaban J connectivity index is 1.94. The van der Waals surface area contributed by atoms with E-state index in [0.717, 1.165) is 5.69 Å². The summed E-state index contributed by atoms with van der Waals surface area (Å²) in [5, 5.41) is 0.579. The number of halogens is 1. The fourth-order valence-corrected chi connectivity index (χ4v) is 2.82. The van der Waals surface area contributed by atoms with Crippen molar-refractivity contribution in [1.29, 1.82) is 0 Å². The van der Waals surface area contributed by atoms with Crippen molar-refractivity contribution in [3.8, 4) is 0 Å². The van der Waals surface area contributed by atoms with Crippen LogP contribution in [0.2, 0.25) is 5.02 Å². The number of cyclic esters (lactones) is 1. The molecule has 2 aliphatic heterocycles. The Labute approximate surface area is 109 Å². The monoisotopic (exact) mass is 265 g/mol. The number of benzene rings is 1. The minimum atomic E-state index is -0.942. The molecule has 1 spiro atoms. The Morgan fingerprint density at radius 2 is 2.11 bits per heavy atom. The second kappa shape index (κ2) is 3.99. The van der Waals surface area contributed by atoms with E-state index in [1.807, 2.05) is 6.07 Å². The number of rotatable bonds is 1. The summed E-state index contributed by atoms with van der Waals surface area (Å²) in [6.45, 7) is 0.877. The van der Waals surface area contributed by atoms with Crippen LogP contribution in [0, 0.1) is 5.41 Å². The van der Waals surface area contributed by atoms with E-state index in [-0.39, 0.29) is 11.9 Å². The molecule has 5 heteroatoms. The van der Waals surface area contributed by atoms with Crippen molar-refractivity contribution in [3.63, 3.8) is 0 Å². The number of nitrogens with zero attached hydrogens (tertiary/aromatic N) is 1. The molecule has 2 heterocycles. The minimum absolute atomic E-state index is 0.160. The molecule has 94 valence electrons. The van der Waals surface area contributed by atoms with Crippen molar-refractivity contribution in [2.24, 2.45) is 5.41 Å². The van der Waals surface area contributed by atoms with Gasteiger partial charge in [0.1, 0.15) is 0 Å². The van der Waals surface area contributed by atoms with Gasteiger partial charge in [-0.25, -0.2) is 0 Å². The molecule has 18 heavy (non-hydrogen) atoms. The largest absolute Gasteiger partial charge is 0.465 e. The van der Waals surface area contributed by atoms with E-state index in [1.54, 1.807) is 23.1 Å². The van der Waals surface area contributed by atoms with E-state index in [1.165, 1.54) is 0 Å². The average molecular weight is 266 g/mol. The van der Waals surface area contributed by atoms with Gasteiger partial charge in [-0.3, -0.25) is 9.59 Å². The van der Waals surface area contributed by atoms with Crippen LogP contribution in [-0.2, 0) is 14.3 Å². The summed E-state index contributed by atoms with van der Waals surface area (Å²) < 4.78 is 4.96. The SMILES string of the molecule is O=C1OCCC12CCN(c1cccc(Cl)c1)C2=O. The molecule has 1 aromatic carbocycles. The molecular weight excluding hydrogens is 254 g/mol. The Morgan fingerprint density at radius 1 is 1.28 bits per heavy atom. The zero-order chi connectivity index (χ0) is 12.8. The molecule has 3 rings (SSSR count). The summed E-state index contributed by atoms with van der Waals surface area (Å²) in [5.74, 6) is -0.538. The fraction of sp³-hybridized carbons (Fsp3) is 0.385. The Morgan fingerprint density at radius 3 is 2.78 bits per heavy atom. The summed E-state index contributed by atoms with van der Waals surface area (Å²) >= 11 is 5.92. The van der Waals surface area contributed by atoms with Gasteiger partial charge in [0.05, 0.1) is 6.61 Å². The molecule has 0 radical (unpaired) electrons. The third kappa shape index (κ3) is 1.52. The number of hydrogen-bond acceptors (Lipinski definition) is 3. The maximum atomic E-state index is 12.4. The predicted octanol–water partition coefficient (Wildman–Crippen LogP) is 2.01. The summed E-state index contributed by atoms with van der Waals surface area (Å²) in [6.07, 6.45) is 1.01. The van der Waals surface area contributed by atoms with Crippen molar-refractivity contribution >= 4 is 29.2 Å². The Kier molecular flexibility index (Phi) is 2.55. The lowest BCUT2D eigenvalue weighted by Gasteiger charge is -2.19. The van der Waals surface area contributed by atoms with Crippen LogP contribution in [0.3, 0.4) is 0 Å². The van der Waals surface area contributed by atoms with Crippen LogP contribution in [0.25, 0.3) is 0 Å². The van der Waals surface area contributed by atoms with Crippen LogP contribution < -0.4 is 4.90 Å². The lowest BCUT2D eigenvalue weighted by atomic mass is 9.85. The zero-order valence-corrected chi connectivity index (χ0v) is 10.4. The minimum Gasteiger partial charge on any atom is -0.465 e. The highest BCUT2D eigenvalue weighted by atomic mass is 35.5. The topological polar surface area (TPSA) is 46.6 Å². The molecule has 2 aliphatic rings. The van der Waals surface area contributed by atoms with Gasteiger partial charge >= 0.3 is 5.97 Å². The molecule has 1 atom stereocenters. The van der Waals surface area contributed by atoms with Crippen molar-refractivity contribution < 1.29 is 14.3 Å². The highest BCUT2D eigenvalue weighted by Gasteiger charge is 2.56. The normalized spacial score (nSPS) is 27.1. The van der Waals surface area contributed by atoms with Gasteiger partial charge in [-0.1, -0.05) is 17.7 Å². The van der Waals surface area contributed by atoms with Gasteiger partial charge in [-0.05, 0) is 24.6 Å². The average Bonchev–Trinajstić information content (AvgIpc) is 2.87. The first kappa shape index (κ1) is 11.5. The van der Waals surface area contributed by atoms with E-state index in [0.29, 0.717) is 31.0 Å². The first-order chi connectivity index (χ1) is 8.63. The quantitative estimate of drug-likeness (QED) is 0.576. The molecule has 2 fully saturated rings. The molecule has 0 aliphatic carbocycles. The van der Waals surface area contributed by atoms with Crippen LogP contribution in [-0.4, -0.2) is 25.0 Å². The molecular formula is C13H12ClNO3. The molecule has 0 saturated carbocycles. The first-order valence-corrected chi connectivity index (χ1v) is 6.26. The molecule has 0 aromatic heterocycles. The van der Waals surface area contributed by atoms with Crippen LogP contribution in [0.1, 0.15) is 12.8 Å². The number of carbonyl (C=O) groups excluding carboxylic acids is 2. The second-order valence-electron chi connectivity index (χ2n) is 4.65. The van der Waals surface area contributed by atoms with Gasteiger partial charge in [-0.2, -0.15) is 0 Å². The van der Waals surface area contributed by atoms with Gasteiger partial charge in [0.15, 0.2) is 5.41 Å². The van der Waals surface area contributed by atoms with Crippen molar-refractivity contribution in [3.05, 3.63) is 29.3 Å². The molecule has 1 unspecified atom stereocenters. The molecule has 0 bridgehead atoms. The molecule has 0 N–H and O–H groups in total. The molecule has 1 aromatic rings. The van der Waals surface area contributed by atoms with E-state index in [2.05, 4.69) is 0 Å². The van der Waals surface area contributed by atoms with E-state index in [9.17, 15) is 9.59 Å². The van der Waals surface area contributed by atoms with Gasteiger partial charge in [-0.15, -0.1) is 0 Å². The maximum Gasteiger partial charge on any atom is 0.321 e. The molecule has 2 saturated heterocycles. The van der Waals surface area contributed by atoms with Gasteiger partial charge in [0, 0.05) is 23.7 Å². The summed E-state index contributed by atoms with van der Waals surface area (Å²) in [4.78, 5) is 25.8. The van der Waals surface area contributed by atoms with Gasteiger partial charge < -0.3 is 9.64 Å². The Bertz CT molecular complexity index is 531. The Hall–Kier alpha value is -1.55. The highest BCUT2D eigenvalue weighted by molar-refractivity contribution is 6.31. The fourth-order valence-electron chi connectivity index (χ4n) is 2.64. The van der Waals surface area contributed by atoms with Gasteiger partial charge in [0.2, 0.25) is 5.91 Å². The van der Waals surface area contributed by atoms with Gasteiger partial charge in [0.25, 0.3) is 0 Å². The van der Waals surface area contributed by atoms with Crippen LogP contribution >= 0.6 is 11.6 Å². The third-order valence-electron chi connectivity index (χ3n) is 3.69. The third-order valence-corrected chi connectivity index (χ3v) is 3.92. The summed E-state index contributed by atoms with van der Waals surface area (Å²) in [5.41, 5.74) is -0.202. The number of hydrogen-bond donors (Lipinski definition) is 0. The number of esters is 1. The van der Waals surface area contributed by atoms with Crippen molar-refractivity contribution in [2.45, 2.75) is 12.8 Å².